The van der Waals surface area contributed by atoms with Crippen molar-refractivity contribution in [3.05, 3.63) is 23.4 Å². The molecular weight excluding hydrogens is 334 g/mol. The van der Waals surface area contributed by atoms with Crippen LogP contribution in [0.5, 0.6) is 0 Å². The Kier molecular flexibility index (Phi) is 4.66. The van der Waals surface area contributed by atoms with Gasteiger partial charge in [-0.15, -0.1) is 11.8 Å². The number of aliphatic carboxylic acids is 1. The Morgan fingerprint density at radius 2 is 2.29 bits per heavy atom. The van der Waals surface area contributed by atoms with Crippen LogP contribution in [-0.2, 0) is 19.1 Å². The largest absolute Gasteiger partial charge is 0.477 e. The molecule has 3 heterocycles. The summed E-state index contributed by atoms with van der Waals surface area (Å²) in [5.74, 6) is -2.03. The lowest BCUT2D eigenvalue weighted by molar-refractivity contribution is -0.150. The van der Waals surface area contributed by atoms with E-state index in [0.717, 1.165) is 0 Å². The second kappa shape index (κ2) is 6.58. The smallest absolute Gasteiger partial charge is 0.352 e. The van der Waals surface area contributed by atoms with Gasteiger partial charge in [0.2, 0.25) is 5.91 Å². The molecule has 3 unspecified atom stereocenters. The van der Waals surface area contributed by atoms with Crippen molar-refractivity contribution in [3.63, 3.8) is 0 Å². The van der Waals surface area contributed by atoms with E-state index >= 15 is 0 Å². The maximum absolute atomic E-state index is 12.3. The number of fused-ring (bicyclic) bond motifs is 1. The van der Waals surface area contributed by atoms with Crippen molar-refractivity contribution in [1.29, 1.82) is 0 Å². The van der Waals surface area contributed by atoms with Gasteiger partial charge < -0.3 is 20.9 Å². The van der Waals surface area contributed by atoms with Crippen molar-refractivity contribution in [2.75, 3.05) is 13.2 Å². The number of carbonyl (C=O) groups excluding carboxylic acids is 2. The molecule has 2 amide bonds. The summed E-state index contributed by atoms with van der Waals surface area (Å²) in [6, 6.07) is -1.63. The van der Waals surface area contributed by atoms with Crippen LogP contribution in [0.15, 0.2) is 23.4 Å². The van der Waals surface area contributed by atoms with Gasteiger partial charge in [-0.1, -0.05) is 6.08 Å². The lowest BCUT2D eigenvalue weighted by atomic mass is 10.0. The van der Waals surface area contributed by atoms with Crippen LogP contribution in [-0.4, -0.2) is 63.7 Å². The molecule has 0 radical (unpaired) electrons. The summed E-state index contributed by atoms with van der Waals surface area (Å²) in [6.07, 6.45) is 4.12. The average molecular weight is 353 g/mol. The zero-order valence-electron chi connectivity index (χ0n) is 13.1. The minimum Gasteiger partial charge on any atom is -0.477 e. The summed E-state index contributed by atoms with van der Waals surface area (Å²) in [5.41, 5.74) is 6.60. The van der Waals surface area contributed by atoms with Gasteiger partial charge in [0, 0.05) is 5.25 Å². The predicted molar refractivity (Wildman–Crippen MR) is 86.8 cm³/mol. The first kappa shape index (κ1) is 17.0. The fraction of sp³-hybridized carbons (Fsp3) is 0.533. The highest BCUT2D eigenvalue weighted by Crippen LogP contribution is 2.40. The fourth-order valence-electron chi connectivity index (χ4n) is 2.93. The van der Waals surface area contributed by atoms with Crippen LogP contribution in [0, 0.1) is 0 Å². The van der Waals surface area contributed by atoms with E-state index in [0.29, 0.717) is 25.2 Å². The molecule has 8 nitrogen and oxygen atoms in total. The van der Waals surface area contributed by atoms with Crippen LogP contribution in [0.2, 0.25) is 0 Å². The number of amides is 2. The van der Waals surface area contributed by atoms with Crippen molar-refractivity contribution in [2.45, 2.75) is 36.1 Å². The van der Waals surface area contributed by atoms with E-state index in [1.165, 1.54) is 22.7 Å². The van der Waals surface area contributed by atoms with E-state index < -0.39 is 35.2 Å². The molecule has 3 aliphatic heterocycles. The zero-order valence-corrected chi connectivity index (χ0v) is 13.9. The van der Waals surface area contributed by atoms with Gasteiger partial charge in [0.25, 0.3) is 5.91 Å². The lowest BCUT2D eigenvalue weighted by Gasteiger charge is -2.49. The van der Waals surface area contributed by atoms with E-state index in [9.17, 15) is 19.5 Å². The van der Waals surface area contributed by atoms with Gasteiger partial charge in [-0.2, -0.15) is 0 Å². The Bertz CT molecular complexity index is 647. The summed E-state index contributed by atoms with van der Waals surface area (Å²) >= 11 is 1.43. The quantitative estimate of drug-likeness (QED) is 0.456. The number of hydrogen-bond donors (Lipinski definition) is 3. The SMILES string of the molecule is CC1C=C(C(=O)O)N2C(=O)C(NC(=O)C(N)C3=CCCOC3)[C@@H]2S1. The number of rotatable bonds is 4. The van der Waals surface area contributed by atoms with Crippen LogP contribution < -0.4 is 11.1 Å². The number of carbonyl (C=O) groups is 3. The third-order valence-corrected chi connectivity index (χ3v) is 5.51. The monoisotopic (exact) mass is 353 g/mol. The van der Waals surface area contributed by atoms with Crippen LogP contribution in [0.1, 0.15) is 13.3 Å². The summed E-state index contributed by atoms with van der Waals surface area (Å²) in [6.45, 7) is 2.76. The van der Waals surface area contributed by atoms with E-state index in [4.69, 9.17) is 10.5 Å². The molecule has 0 aromatic heterocycles. The van der Waals surface area contributed by atoms with Gasteiger partial charge in [0.15, 0.2) is 0 Å². The third kappa shape index (κ3) is 2.94. The Morgan fingerprint density at radius 3 is 2.92 bits per heavy atom. The van der Waals surface area contributed by atoms with Gasteiger partial charge in [0.05, 0.1) is 13.2 Å². The Labute approximate surface area is 143 Å². The normalized spacial score (nSPS) is 30.5. The molecule has 0 aliphatic carbocycles. The van der Waals surface area contributed by atoms with Crippen LogP contribution in [0.25, 0.3) is 0 Å². The number of nitrogens with zero attached hydrogens (tertiary/aromatic N) is 1. The number of ether oxygens (including phenoxy) is 1. The first-order valence-electron chi connectivity index (χ1n) is 7.66. The molecule has 1 fully saturated rings. The molecule has 24 heavy (non-hydrogen) atoms. The van der Waals surface area contributed by atoms with Crippen LogP contribution in [0.3, 0.4) is 0 Å². The van der Waals surface area contributed by atoms with Crippen molar-refractivity contribution in [1.82, 2.24) is 10.2 Å². The van der Waals surface area contributed by atoms with Crippen molar-refractivity contribution in [3.8, 4) is 0 Å². The van der Waals surface area contributed by atoms with Crippen LogP contribution in [0.4, 0.5) is 0 Å². The zero-order chi connectivity index (χ0) is 17.4. The molecule has 1 saturated heterocycles. The molecular formula is C15H19N3O5S. The molecule has 4 N–H and O–H groups in total. The van der Waals surface area contributed by atoms with Gasteiger partial charge in [-0.05, 0) is 25.0 Å². The standard InChI is InChI=1S/C15H19N3O5S/c1-7-5-9(15(21)22)18-13(20)11(14(18)24-7)17-12(19)10(16)8-3-2-4-23-6-8/h3,5,7,10-11,14H,2,4,6,16H2,1H3,(H,17,19)(H,21,22)/t7?,10?,11?,14-/m0/s1. The van der Waals surface area contributed by atoms with Crippen molar-refractivity contribution in [2.24, 2.45) is 5.73 Å². The van der Waals surface area contributed by atoms with Crippen molar-refractivity contribution < 1.29 is 24.2 Å². The second-order valence-corrected chi connectivity index (χ2v) is 7.38. The number of carboxylic acids is 1. The molecule has 3 aliphatic rings. The molecule has 0 aromatic carbocycles. The number of hydrogen-bond acceptors (Lipinski definition) is 6. The third-order valence-electron chi connectivity index (χ3n) is 4.19. The first-order valence-corrected chi connectivity index (χ1v) is 8.60. The van der Waals surface area contributed by atoms with Gasteiger partial charge in [-0.25, -0.2) is 4.79 Å². The topological polar surface area (TPSA) is 122 Å². The highest BCUT2D eigenvalue weighted by Gasteiger charge is 2.54. The Balaban J connectivity index is 1.68. The fourth-order valence-corrected chi connectivity index (χ4v) is 4.26. The molecule has 0 aromatic rings. The van der Waals surface area contributed by atoms with Gasteiger partial charge in [-0.3, -0.25) is 14.5 Å². The first-order chi connectivity index (χ1) is 11.4. The number of nitrogens with two attached hydrogens (primary N) is 1. The van der Waals surface area contributed by atoms with Crippen LogP contribution >= 0.6 is 11.8 Å². The summed E-state index contributed by atoms with van der Waals surface area (Å²) < 4.78 is 5.28. The molecule has 0 saturated carbocycles. The van der Waals surface area contributed by atoms with E-state index in [-0.39, 0.29) is 10.9 Å². The van der Waals surface area contributed by atoms with E-state index in [1.54, 1.807) is 0 Å². The molecule has 0 bridgehead atoms. The summed E-state index contributed by atoms with van der Waals surface area (Å²) in [4.78, 5) is 37.1. The Hall–Kier alpha value is -1.84. The van der Waals surface area contributed by atoms with Gasteiger partial charge in [0.1, 0.15) is 23.2 Å². The number of carboxylic acid groups (broad SMARTS) is 1. The second-order valence-electron chi connectivity index (χ2n) is 5.88. The minimum atomic E-state index is -1.15. The maximum atomic E-state index is 12.3. The maximum Gasteiger partial charge on any atom is 0.352 e. The number of nitrogens with one attached hydrogen (secondary N) is 1. The van der Waals surface area contributed by atoms with E-state index in [2.05, 4.69) is 5.32 Å². The molecule has 3 rings (SSSR count). The highest BCUT2D eigenvalue weighted by atomic mass is 32.2. The van der Waals surface area contributed by atoms with Crippen molar-refractivity contribution >= 4 is 29.5 Å². The number of thioether (sulfide) groups is 1. The molecule has 9 heteroatoms. The summed E-state index contributed by atoms with van der Waals surface area (Å²) in [5, 5.41) is 11.4. The molecule has 0 spiro atoms. The molecule has 130 valence electrons. The van der Waals surface area contributed by atoms with E-state index in [1.807, 2.05) is 13.0 Å². The Morgan fingerprint density at radius 1 is 1.54 bits per heavy atom. The summed E-state index contributed by atoms with van der Waals surface area (Å²) in [7, 11) is 0. The average Bonchev–Trinajstić information content (AvgIpc) is 2.58. The molecule has 4 atom stereocenters. The minimum absolute atomic E-state index is 0.0329. The lowest BCUT2D eigenvalue weighted by Crippen LogP contribution is -2.71. The highest BCUT2D eigenvalue weighted by molar-refractivity contribution is 8.00. The van der Waals surface area contributed by atoms with Gasteiger partial charge >= 0.3 is 5.97 Å². The predicted octanol–water partition coefficient (Wildman–Crippen LogP) is -0.583. The number of β-lactam (4-membered cyclic amide) rings is 1.